The van der Waals surface area contributed by atoms with Crippen molar-refractivity contribution in [2.45, 2.75) is 6.54 Å². The molecule has 6 heteroatoms. The molecule has 116 valence electrons. The monoisotopic (exact) mass is 343 g/mol. The standard InChI is InChI=1S/C17H14ClN3OS/c18-13-6-8-14(9-7-13)21-17(22)19-10-15-11-23-16(20-15)12-4-2-1-3-5-12/h1-9,11H,10H2,(H2,19,21,22). The van der Waals surface area contributed by atoms with Crippen LogP contribution < -0.4 is 10.6 Å². The molecule has 0 aliphatic rings. The summed E-state index contributed by atoms with van der Waals surface area (Å²) in [6, 6.07) is 16.6. The van der Waals surface area contributed by atoms with E-state index in [0.29, 0.717) is 17.3 Å². The number of carbonyl (C=O) groups excluding carboxylic acids is 1. The molecule has 1 heterocycles. The largest absolute Gasteiger partial charge is 0.332 e. The van der Waals surface area contributed by atoms with Crippen LogP contribution in [0.15, 0.2) is 60.0 Å². The van der Waals surface area contributed by atoms with Crippen molar-refractivity contribution in [3.05, 3.63) is 70.7 Å². The summed E-state index contributed by atoms with van der Waals surface area (Å²) in [6.45, 7) is 0.378. The first-order valence-electron chi connectivity index (χ1n) is 7.01. The zero-order valence-electron chi connectivity index (χ0n) is 12.1. The minimum absolute atomic E-state index is 0.276. The number of urea groups is 1. The Morgan fingerprint density at radius 2 is 1.83 bits per heavy atom. The average Bonchev–Trinajstić information content (AvgIpc) is 3.05. The Labute approximate surface area is 143 Å². The molecule has 0 atom stereocenters. The zero-order chi connectivity index (χ0) is 16.1. The van der Waals surface area contributed by atoms with Crippen LogP contribution in [0.3, 0.4) is 0 Å². The van der Waals surface area contributed by atoms with E-state index in [1.165, 1.54) is 0 Å². The number of hydrogen-bond acceptors (Lipinski definition) is 3. The fraction of sp³-hybridized carbons (Fsp3) is 0.0588. The Bertz CT molecular complexity index is 787. The number of hydrogen-bond donors (Lipinski definition) is 2. The first-order valence-corrected chi connectivity index (χ1v) is 8.27. The number of amides is 2. The maximum absolute atomic E-state index is 11.9. The van der Waals surface area contributed by atoms with Crippen LogP contribution in [0.25, 0.3) is 10.6 Å². The van der Waals surface area contributed by atoms with Crippen LogP contribution in [0, 0.1) is 0 Å². The summed E-state index contributed by atoms with van der Waals surface area (Å²) in [6.07, 6.45) is 0. The topological polar surface area (TPSA) is 54.0 Å². The molecule has 0 saturated heterocycles. The summed E-state index contributed by atoms with van der Waals surface area (Å²) in [4.78, 5) is 16.4. The Morgan fingerprint density at radius 1 is 1.09 bits per heavy atom. The fourth-order valence-corrected chi connectivity index (χ4v) is 2.93. The highest BCUT2D eigenvalue weighted by Crippen LogP contribution is 2.23. The summed E-state index contributed by atoms with van der Waals surface area (Å²) in [7, 11) is 0. The van der Waals surface area contributed by atoms with Gasteiger partial charge >= 0.3 is 6.03 Å². The second-order valence-corrected chi connectivity index (χ2v) is 6.12. The lowest BCUT2D eigenvalue weighted by Gasteiger charge is -2.06. The molecular formula is C17H14ClN3OS. The van der Waals surface area contributed by atoms with Crippen molar-refractivity contribution >= 4 is 34.7 Å². The van der Waals surface area contributed by atoms with Crippen LogP contribution in [-0.2, 0) is 6.54 Å². The number of thiazole rings is 1. The maximum Gasteiger partial charge on any atom is 0.319 e. The third-order valence-electron chi connectivity index (χ3n) is 3.10. The van der Waals surface area contributed by atoms with Crippen LogP contribution in [0.2, 0.25) is 5.02 Å². The van der Waals surface area contributed by atoms with Crippen molar-refractivity contribution < 1.29 is 4.79 Å². The average molecular weight is 344 g/mol. The number of carbonyl (C=O) groups is 1. The van der Waals surface area contributed by atoms with E-state index in [0.717, 1.165) is 16.3 Å². The van der Waals surface area contributed by atoms with Crippen LogP contribution in [0.1, 0.15) is 5.69 Å². The van der Waals surface area contributed by atoms with Crippen molar-refractivity contribution in [3.63, 3.8) is 0 Å². The summed E-state index contributed by atoms with van der Waals surface area (Å²) in [5.41, 5.74) is 2.60. The molecular weight excluding hydrogens is 330 g/mol. The molecule has 0 aliphatic heterocycles. The highest BCUT2D eigenvalue weighted by atomic mass is 35.5. The third kappa shape index (κ3) is 4.31. The Hall–Kier alpha value is -2.37. The Balaban J connectivity index is 1.55. The lowest BCUT2D eigenvalue weighted by atomic mass is 10.2. The van der Waals surface area contributed by atoms with Gasteiger partial charge in [-0.3, -0.25) is 0 Å². The zero-order valence-corrected chi connectivity index (χ0v) is 13.7. The molecule has 2 aromatic carbocycles. The summed E-state index contributed by atoms with van der Waals surface area (Å²) in [5.74, 6) is 0. The normalized spacial score (nSPS) is 10.3. The van der Waals surface area contributed by atoms with E-state index in [1.54, 1.807) is 35.6 Å². The lowest BCUT2D eigenvalue weighted by Crippen LogP contribution is -2.28. The van der Waals surface area contributed by atoms with Gasteiger partial charge < -0.3 is 10.6 Å². The van der Waals surface area contributed by atoms with E-state index in [2.05, 4.69) is 15.6 Å². The van der Waals surface area contributed by atoms with E-state index >= 15 is 0 Å². The number of benzene rings is 2. The third-order valence-corrected chi connectivity index (χ3v) is 4.30. The van der Waals surface area contributed by atoms with Gasteiger partial charge in [0.25, 0.3) is 0 Å². The summed E-state index contributed by atoms with van der Waals surface area (Å²) < 4.78 is 0. The fourth-order valence-electron chi connectivity index (χ4n) is 1.98. The SMILES string of the molecule is O=C(NCc1csc(-c2ccccc2)n1)Nc1ccc(Cl)cc1. The minimum atomic E-state index is -0.276. The molecule has 4 nitrogen and oxygen atoms in total. The Morgan fingerprint density at radius 3 is 2.57 bits per heavy atom. The molecule has 0 spiro atoms. The van der Waals surface area contributed by atoms with E-state index in [9.17, 15) is 4.79 Å². The van der Waals surface area contributed by atoms with E-state index in [1.807, 2.05) is 35.7 Å². The van der Waals surface area contributed by atoms with Crippen LogP contribution in [0.5, 0.6) is 0 Å². The predicted octanol–water partition coefficient (Wildman–Crippen LogP) is 4.79. The van der Waals surface area contributed by atoms with E-state index in [-0.39, 0.29) is 6.03 Å². The van der Waals surface area contributed by atoms with Crippen LogP contribution >= 0.6 is 22.9 Å². The van der Waals surface area contributed by atoms with Gasteiger partial charge in [-0.15, -0.1) is 11.3 Å². The molecule has 2 amide bonds. The number of aromatic nitrogens is 1. The van der Waals surface area contributed by atoms with Gasteiger partial charge in [0.1, 0.15) is 5.01 Å². The second kappa shape index (κ2) is 7.26. The van der Waals surface area contributed by atoms with Gasteiger partial charge in [-0.2, -0.15) is 0 Å². The number of nitrogens with zero attached hydrogens (tertiary/aromatic N) is 1. The number of rotatable bonds is 4. The van der Waals surface area contributed by atoms with E-state index < -0.39 is 0 Å². The Kier molecular flexibility index (Phi) is 4.90. The van der Waals surface area contributed by atoms with Gasteiger partial charge in [0.05, 0.1) is 12.2 Å². The van der Waals surface area contributed by atoms with Gasteiger partial charge in [-0.05, 0) is 24.3 Å². The van der Waals surface area contributed by atoms with Gasteiger partial charge in [0.2, 0.25) is 0 Å². The molecule has 2 N–H and O–H groups in total. The quantitative estimate of drug-likeness (QED) is 0.716. The van der Waals surface area contributed by atoms with Crippen LogP contribution in [-0.4, -0.2) is 11.0 Å². The number of halogens is 1. The van der Waals surface area contributed by atoms with Gasteiger partial charge in [0, 0.05) is 21.7 Å². The highest BCUT2D eigenvalue weighted by molar-refractivity contribution is 7.13. The van der Waals surface area contributed by atoms with Crippen molar-refractivity contribution in [2.75, 3.05) is 5.32 Å². The summed E-state index contributed by atoms with van der Waals surface area (Å²) in [5, 5.41) is 9.06. The first kappa shape index (κ1) is 15.5. The second-order valence-electron chi connectivity index (χ2n) is 4.82. The smallest absolute Gasteiger partial charge is 0.319 e. The van der Waals surface area contributed by atoms with Crippen molar-refractivity contribution in [1.82, 2.24) is 10.3 Å². The van der Waals surface area contributed by atoms with Gasteiger partial charge in [0.15, 0.2) is 0 Å². The van der Waals surface area contributed by atoms with Crippen molar-refractivity contribution in [1.29, 1.82) is 0 Å². The minimum Gasteiger partial charge on any atom is -0.332 e. The molecule has 0 bridgehead atoms. The van der Waals surface area contributed by atoms with Crippen molar-refractivity contribution in [2.24, 2.45) is 0 Å². The molecule has 0 aliphatic carbocycles. The molecule has 3 rings (SSSR count). The molecule has 0 fully saturated rings. The lowest BCUT2D eigenvalue weighted by molar-refractivity contribution is 0.251. The van der Waals surface area contributed by atoms with Gasteiger partial charge in [-0.1, -0.05) is 41.9 Å². The van der Waals surface area contributed by atoms with Crippen molar-refractivity contribution in [3.8, 4) is 10.6 Å². The highest BCUT2D eigenvalue weighted by Gasteiger charge is 2.06. The molecule has 23 heavy (non-hydrogen) atoms. The first-order chi connectivity index (χ1) is 11.2. The molecule has 0 unspecified atom stereocenters. The van der Waals surface area contributed by atoms with Crippen LogP contribution in [0.4, 0.5) is 10.5 Å². The molecule has 3 aromatic rings. The van der Waals surface area contributed by atoms with Gasteiger partial charge in [-0.25, -0.2) is 9.78 Å². The maximum atomic E-state index is 11.9. The van der Waals surface area contributed by atoms with E-state index in [4.69, 9.17) is 11.6 Å². The number of nitrogens with one attached hydrogen (secondary N) is 2. The predicted molar refractivity (Wildman–Crippen MR) is 94.9 cm³/mol. The molecule has 0 radical (unpaired) electrons. The summed E-state index contributed by atoms with van der Waals surface area (Å²) >= 11 is 7.37. The molecule has 0 saturated carbocycles. The molecule has 1 aromatic heterocycles. The number of anilines is 1.